The van der Waals surface area contributed by atoms with Gasteiger partial charge in [-0.05, 0) is 57.0 Å². The minimum absolute atomic E-state index is 0.0470. The van der Waals surface area contributed by atoms with Gasteiger partial charge in [-0.2, -0.15) is 0 Å². The summed E-state index contributed by atoms with van der Waals surface area (Å²) in [5.74, 6) is -0.282. The van der Waals surface area contributed by atoms with Crippen LogP contribution in [0.25, 0.3) is 0 Å². The van der Waals surface area contributed by atoms with E-state index in [1.54, 1.807) is 26.0 Å². The van der Waals surface area contributed by atoms with Crippen LogP contribution in [0.5, 0.6) is 0 Å². The zero-order chi connectivity index (χ0) is 21.9. The van der Waals surface area contributed by atoms with E-state index in [2.05, 4.69) is 15.2 Å². The van der Waals surface area contributed by atoms with Crippen LogP contribution < -0.4 is 10.0 Å². The van der Waals surface area contributed by atoms with Gasteiger partial charge in [0.2, 0.25) is 5.91 Å². The fourth-order valence-corrected chi connectivity index (χ4v) is 4.37. The van der Waals surface area contributed by atoms with Crippen LogP contribution in [0.1, 0.15) is 29.0 Å². The number of aromatic nitrogens is 1. The number of hydrogen-bond acceptors (Lipinski definition) is 5. The Balaban J connectivity index is 1.74. The van der Waals surface area contributed by atoms with Crippen molar-refractivity contribution in [1.82, 2.24) is 5.16 Å². The van der Waals surface area contributed by atoms with E-state index in [1.807, 2.05) is 6.92 Å². The zero-order valence-corrected chi connectivity index (χ0v) is 17.6. The Kier molecular flexibility index (Phi) is 6.21. The number of sulfonamides is 1. The predicted molar refractivity (Wildman–Crippen MR) is 111 cm³/mol. The molecule has 0 atom stereocenters. The number of benzene rings is 2. The fraction of sp³-hybridized carbons (Fsp3) is 0.238. The van der Waals surface area contributed by atoms with Gasteiger partial charge in [-0.1, -0.05) is 23.4 Å². The third-order valence-corrected chi connectivity index (χ3v) is 6.17. The summed E-state index contributed by atoms with van der Waals surface area (Å²) in [6, 6.07) is 10.1. The van der Waals surface area contributed by atoms with Crippen molar-refractivity contribution in [3.63, 3.8) is 0 Å². The molecule has 2 N–H and O–H groups in total. The van der Waals surface area contributed by atoms with E-state index in [0.717, 1.165) is 11.3 Å². The van der Waals surface area contributed by atoms with Gasteiger partial charge in [-0.15, -0.1) is 0 Å². The van der Waals surface area contributed by atoms with Crippen molar-refractivity contribution in [3.05, 3.63) is 70.9 Å². The van der Waals surface area contributed by atoms with Gasteiger partial charge in [0, 0.05) is 17.7 Å². The molecule has 1 heterocycles. The van der Waals surface area contributed by atoms with Gasteiger partial charge in [0.25, 0.3) is 10.0 Å². The highest BCUT2D eigenvalue weighted by Crippen LogP contribution is 2.24. The number of aryl methyl sites for hydroxylation is 3. The van der Waals surface area contributed by atoms with Gasteiger partial charge in [0.05, 0.1) is 16.3 Å². The first-order valence-corrected chi connectivity index (χ1v) is 10.8. The molecule has 1 amide bonds. The molecule has 0 aliphatic rings. The Labute approximate surface area is 174 Å². The summed E-state index contributed by atoms with van der Waals surface area (Å²) >= 11 is 0. The van der Waals surface area contributed by atoms with E-state index in [1.165, 1.54) is 30.3 Å². The van der Waals surface area contributed by atoms with Crippen LogP contribution in [0.15, 0.2) is 51.9 Å². The number of para-hydroxylation sites is 1. The highest BCUT2D eigenvalue weighted by molar-refractivity contribution is 7.92. The Hall–Kier alpha value is -3.20. The van der Waals surface area contributed by atoms with Gasteiger partial charge in [-0.3, -0.25) is 9.52 Å². The number of carbonyl (C=O) groups excluding carboxylic acids is 1. The molecule has 3 aromatic rings. The molecular weight excluding hydrogens is 409 g/mol. The minimum atomic E-state index is -4.05. The van der Waals surface area contributed by atoms with Crippen molar-refractivity contribution >= 4 is 27.3 Å². The van der Waals surface area contributed by atoms with Crippen molar-refractivity contribution in [1.29, 1.82) is 0 Å². The highest BCUT2D eigenvalue weighted by atomic mass is 32.2. The third-order valence-electron chi connectivity index (χ3n) is 4.66. The van der Waals surface area contributed by atoms with E-state index >= 15 is 0 Å². The normalized spacial score (nSPS) is 11.3. The summed E-state index contributed by atoms with van der Waals surface area (Å²) in [4.78, 5) is 12.3. The number of carbonyl (C=O) groups is 1. The van der Waals surface area contributed by atoms with Crippen LogP contribution in [0.2, 0.25) is 0 Å². The first-order valence-electron chi connectivity index (χ1n) is 9.27. The predicted octanol–water partition coefficient (Wildman–Crippen LogP) is 4.11. The van der Waals surface area contributed by atoms with Crippen LogP contribution in [0.3, 0.4) is 0 Å². The molecular formula is C21H22FN3O4S. The number of anilines is 2. The molecule has 0 aliphatic carbocycles. The van der Waals surface area contributed by atoms with E-state index in [4.69, 9.17) is 4.52 Å². The van der Waals surface area contributed by atoms with Gasteiger partial charge in [-0.25, -0.2) is 12.8 Å². The lowest BCUT2D eigenvalue weighted by Gasteiger charge is -2.13. The van der Waals surface area contributed by atoms with Crippen molar-refractivity contribution in [2.45, 2.75) is 38.5 Å². The zero-order valence-electron chi connectivity index (χ0n) is 16.8. The van der Waals surface area contributed by atoms with Crippen molar-refractivity contribution in [3.8, 4) is 0 Å². The topological polar surface area (TPSA) is 101 Å². The molecule has 0 saturated carbocycles. The molecule has 0 bridgehead atoms. The van der Waals surface area contributed by atoms with Gasteiger partial charge < -0.3 is 9.84 Å². The SMILES string of the molecule is Cc1ccc(NC(=O)CCc2c(C)noc2C)cc1S(=O)(=O)Nc1ccccc1F. The molecule has 0 unspecified atom stereocenters. The second-order valence-electron chi connectivity index (χ2n) is 6.92. The van der Waals surface area contributed by atoms with Gasteiger partial charge in [0.1, 0.15) is 11.6 Å². The first kappa shape index (κ1) is 21.5. The highest BCUT2D eigenvalue weighted by Gasteiger charge is 2.20. The number of halogens is 1. The molecule has 0 saturated heterocycles. The molecule has 3 rings (SSSR count). The Bertz CT molecular complexity index is 1170. The minimum Gasteiger partial charge on any atom is -0.361 e. The lowest BCUT2D eigenvalue weighted by Crippen LogP contribution is -2.17. The summed E-state index contributed by atoms with van der Waals surface area (Å²) < 4.78 is 46.7. The monoisotopic (exact) mass is 431 g/mol. The van der Waals surface area contributed by atoms with Crippen molar-refractivity contribution in [2.75, 3.05) is 10.0 Å². The fourth-order valence-electron chi connectivity index (χ4n) is 3.03. The lowest BCUT2D eigenvalue weighted by atomic mass is 10.1. The smallest absolute Gasteiger partial charge is 0.262 e. The summed E-state index contributed by atoms with van der Waals surface area (Å²) in [5.41, 5.74) is 2.27. The molecule has 1 aromatic heterocycles. The second kappa shape index (κ2) is 8.66. The number of hydrogen-bond donors (Lipinski definition) is 2. The molecule has 30 heavy (non-hydrogen) atoms. The average molecular weight is 431 g/mol. The van der Waals surface area contributed by atoms with E-state index in [0.29, 0.717) is 23.4 Å². The number of nitrogens with one attached hydrogen (secondary N) is 2. The van der Waals surface area contributed by atoms with Crippen molar-refractivity contribution < 1.29 is 22.1 Å². The van der Waals surface area contributed by atoms with E-state index < -0.39 is 15.8 Å². The molecule has 0 spiro atoms. The molecule has 9 heteroatoms. The Morgan fingerprint density at radius 1 is 1.13 bits per heavy atom. The van der Waals surface area contributed by atoms with Crippen LogP contribution in [0, 0.1) is 26.6 Å². The molecule has 2 aromatic carbocycles. The van der Waals surface area contributed by atoms with Crippen LogP contribution >= 0.6 is 0 Å². The summed E-state index contributed by atoms with van der Waals surface area (Å²) in [5, 5.41) is 6.56. The van der Waals surface area contributed by atoms with Gasteiger partial charge in [0.15, 0.2) is 0 Å². The maximum Gasteiger partial charge on any atom is 0.262 e. The maximum atomic E-state index is 13.9. The molecule has 0 aliphatic heterocycles. The Morgan fingerprint density at radius 2 is 1.87 bits per heavy atom. The van der Waals surface area contributed by atoms with Crippen LogP contribution in [0.4, 0.5) is 15.8 Å². The molecule has 0 fully saturated rings. The van der Waals surface area contributed by atoms with E-state index in [9.17, 15) is 17.6 Å². The lowest BCUT2D eigenvalue weighted by molar-refractivity contribution is -0.116. The van der Waals surface area contributed by atoms with Gasteiger partial charge >= 0.3 is 0 Å². The summed E-state index contributed by atoms with van der Waals surface area (Å²) in [6.45, 7) is 5.22. The maximum absolute atomic E-state index is 13.9. The van der Waals surface area contributed by atoms with Crippen LogP contribution in [-0.2, 0) is 21.2 Å². The van der Waals surface area contributed by atoms with E-state index in [-0.39, 0.29) is 22.9 Å². The average Bonchev–Trinajstić information content (AvgIpc) is 3.01. The van der Waals surface area contributed by atoms with Crippen molar-refractivity contribution in [2.24, 2.45) is 0 Å². The molecule has 0 radical (unpaired) electrons. The number of amides is 1. The summed E-state index contributed by atoms with van der Waals surface area (Å²) in [7, 11) is -4.05. The first-order chi connectivity index (χ1) is 14.2. The Morgan fingerprint density at radius 3 is 2.53 bits per heavy atom. The molecule has 158 valence electrons. The molecule has 7 nitrogen and oxygen atoms in total. The summed E-state index contributed by atoms with van der Waals surface area (Å²) in [6.07, 6.45) is 0.644. The van der Waals surface area contributed by atoms with Crippen LogP contribution in [-0.4, -0.2) is 19.5 Å². The standard InChI is InChI=1S/C21H22FN3O4S/c1-13-8-9-16(23-21(26)11-10-17-14(2)24-29-15(17)3)12-20(13)30(27,28)25-19-7-5-4-6-18(19)22/h4-9,12,25H,10-11H2,1-3H3,(H,23,26). The largest absolute Gasteiger partial charge is 0.361 e. The number of nitrogens with zero attached hydrogens (tertiary/aromatic N) is 1. The number of rotatable bonds is 7. The third kappa shape index (κ3) is 4.85. The second-order valence-corrected chi connectivity index (χ2v) is 8.57. The quantitative estimate of drug-likeness (QED) is 0.586.